The van der Waals surface area contributed by atoms with Crippen LogP contribution in [0, 0.1) is 0 Å². The van der Waals surface area contributed by atoms with Crippen molar-refractivity contribution in [1.82, 2.24) is 4.57 Å². The molecule has 0 saturated heterocycles. The predicted octanol–water partition coefficient (Wildman–Crippen LogP) is 3.54. The Kier molecular flexibility index (Phi) is 5.60. The zero-order valence-electron chi connectivity index (χ0n) is 11.2. The number of rotatable bonds is 6. The van der Waals surface area contributed by atoms with E-state index in [0.717, 1.165) is 25.0 Å². The van der Waals surface area contributed by atoms with Crippen LogP contribution in [0.5, 0.6) is 0 Å². The van der Waals surface area contributed by atoms with Crippen LogP contribution >= 0.6 is 11.6 Å². The van der Waals surface area contributed by atoms with Gasteiger partial charge in [-0.25, -0.2) is 0 Å². The summed E-state index contributed by atoms with van der Waals surface area (Å²) in [4.78, 5) is 23.4. The summed E-state index contributed by atoms with van der Waals surface area (Å²) in [5.74, 6) is 0.249. The van der Waals surface area contributed by atoms with Gasteiger partial charge in [0.1, 0.15) is 0 Å². The Morgan fingerprint density at radius 1 is 1.33 bits per heavy atom. The molecule has 0 aliphatic heterocycles. The molecule has 0 aromatic carbocycles. The molecule has 1 heterocycles. The van der Waals surface area contributed by atoms with Gasteiger partial charge in [-0.15, -0.1) is 0 Å². The summed E-state index contributed by atoms with van der Waals surface area (Å²) in [5.41, 5.74) is 0.757. The fourth-order valence-corrected chi connectivity index (χ4v) is 2.14. The van der Waals surface area contributed by atoms with Crippen molar-refractivity contribution in [2.45, 2.75) is 52.5 Å². The van der Waals surface area contributed by atoms with Gasteiger partial charge in [0.05, 0.1) is 5.56 Å². The van der Waals surface area contributed by atoms with Crippen LogP contribution in [0.25, 0.3) is 0 Å². The van der Waals surface area contributed by atoms with E-state index < -0.39 is 5.24 Å². The molecular weight excluding hydrogens is 250 g/mol. The van der Waals surface area contributed by atoms with Crippen LogP contribution in [0.2, 0.25) is 0 Å². The first-order valence-corrected chi connectivity index (χ1v) is 6.80. The molecule has 0 radical (unpaired) electrons. The molecular formula is C14H20ClNO2. The largest absolute Gasteiger partial charge is 0.312 e. The zero-order chi connectivity index (χ0) is 13.7. The monoisotopic (exact) mass is 269 g/mol. The highest BCUT2D eigenvalue weighted by atomic mass is 35.5. The summed E-state index contributed by atoms with van der Waals surface area (Å²) in [6, 6.07) is 3.36. The van der Waals surface area contributed by atoms with Crippen LogP contribution in [0.15, 0.2) is 16.9 Å². The lowest BCUT2D eigenvalue weighted by Gasteiger charge is -2.16. The van der Waals surface area contributed by atoms with Gasteiger partial charge >= 0.3 is 0 Å². The first-order chi connectivity index (χ1) is 8.49. The molecule has 0 N–H and O–H groups in total. The van der Waals surface area contributed by atoms with Crippen molar-refractivity contribution >= 4 is 16.8 Å². The van der Waals surface area contributed by atoms with Crippen LogP contribution in [0.4, 0.5) is 0 Å². The minimum atomic E-state index is -0.681. The fourth-order valence-electron chi connectivity index (χ4n) is 2.00. The summed E-state index contributed by atoms with van der Waals surface area (Å²) in [5, 5.41) is -0.681. The van der Waals surface area contributed by atoms with Gasteiger partial charge in [-0.3, -0.25) is 9.59 Å². The predicted molar refractivity (Wildman–Crippen MR) is 74.5 cm³/mol. The molecule has 1 rings (SSSR count). The number of carbonyl (C=O) groups excluding carboxylic acids is 1. The summed E-state index contributed by atoms with van der Waals surface area (Å²) in [6.45, 7) is 6.84. The summed E-state index contributed by atoms with van der Waals surface area (Å²) >= 11 is 5.42. The highest BCUT2D eigenvalue weighted by Crippen LogP contribution is 2.14. The molecule has 0 spiro atoms. The van der Waals surface area contributed by atoms with Crippen molar-refractivity contribution in [1.29, 1.82) is 0 Å². The quantitative estimate of drug-likeness (QED) is 0.585. The molecule has 0 bridgehead atoms. The van der Waals surface area contributed by atoms with Crippen LogP contribution in [0.1, 0.15) is 62.0 Å². The lowest BCUT2D eigenvalue weighted by molar-refractivity contribution is 0.107. The molecule has 3 nitrogen and oxygen atoms in total. The second-order valence-electron chi connectivity index (χ2n) is 4.76. The Balaban J connectivity index is 3.19. The number of hydrogen-bond donors (Lipinski definition) is 0. The Morgan fingerprint density at radius 3 is 2.50 bits per heavy atom. The van der Waals surface area contributed by atoms with Crippen molar-refractivity contribution < 1.29 is 4.79 Å². The van der Waals surface area contributed by atoms with E-state index in [2.05, 4.69) is 6.92 Å². The molecule has 0 amide bonds. The van der Waals surface area contributed by atoms with Crippen molar-refractivity contribution in [3.63, 3.8) is 0 Å². The standard InChI is InChI=1S/C14H20ClNO2/c1-4-5-6-9-16-12(10(2)3)8-7-11(13(15)17)14(16)18/h7-8,10H,4-6,9H2,1-3H3. The number of aromatic nitrogens is 1. The topological polar surface area (TPSA) is 39.1 Å². The fraction of sp³-hybridized carbons (Fsp3) is 0.571. The van der Waals surface area contributed by atoms with Crippen molar-refractivity contribution in [3.8, 4) is 0 Å². The first-order valence-electron chi connectivity index (χ1n) is 6.42. The molecule has 18 heavy (non-hydrogen) atoms. The maximum absolute atomic E-state index is 12.2. The van der Waals surface area contributed by atoms with Gasteiger partial charge in [0.15, 0.2) is 0 Å². The van der Waals surface area contributed by atoms with E-state index in [1.807, 2.05) is 19.9 Å². The van der Waals surface area contributed by atoms with E-state index >= 15 is 0 Å². The molecule has 0 saturated carbocycles. The number of pyridine rings is 1. The van der Waals surface area contributed by atoms with Crippen LogP contribution in [0.3, 0.4) is 0 Å². The molecule has 0 aliphatic rings. The van der Waals surface area contributed by atoms with Crippen molar-refractivity contribution in [3.05, 3.63) is 33.7 Å². The maximum atomic E-state index is 12.2. The first kappa shape index (κ1) is 15.0. The third kappa shape index (κ3) is 3.45. The molecule has 1 aromatic heterocycles. The van der Waals surface area contributed by atoms with Gasteiger partial charge in [0.25, 0.3) is 10.8 Å². The van der Waals surface area contributed by atoms with Crippen LogP contribution < -0.4 is 5.56 Å². The number of halogens is 1. The van der Waals surface area contributed by atoms with Gasteiger partial charge in [0, 0.05) is 12.2 Å². The van der Waals surface area contributed by atoms with E-state index in [4.69, 9.17) is 11.6 Å². The molecule has 4 heteroatoms. The Bertz CT molecular complexity index is 477. The Labute approximate surface area is 113 Å². The lowest BCUT2D eigenvalue weighted by Crippen LogP contribution is -2.28. The average Bonchev–Trinajstić information content (AvgIpc) is 2.30. The van der Waals surface area contributed by atoms with Crippen LogP contribution in [-0.4, -0.2) is 9.81 Å². The second-order valence-corrected chi connectivity index (χ2v) is 5.11. The van der Waals surface area contributed by atoms with Gasteiger partial charge in [0.2, 0.25) is 0 Å². The zero-order valence-corrected chi connectivity index (χ0v) is 12.0. The van der Waals surface area contributed by atoms with E-state index in [-0.39, 0.29) is 17.0 Å². The minimum Gasteiger partial charge on any atom is -0.312 e. The molecule has 100 valence electrons. The highest BCUT2D eigenvalue weighted by Gasteiger charge is 2.14. The van der Waals surface area contributed by atoms with E-state index in [0.29, 0.717) is 6.54 Å². The minimum absolute atomic E-state index is 0.0672. The second kappa shape index (κ2) is 6.74. The highest BCUT2D eigenvalue weighted by molar-refractivity contribution is 6.67. The Hall–Kier alpha value is -1.09. The van der Waals surface area contributed by atoms with E-state index in [1.54, 1.807) is 4.57 Å². The third-order valence-electron chi connectivity index (χ3n) is 3.00. The molecule has 1 aromatic rings. The number of hydrogen-bond acceptors (Lipinski definition) is 2. The van der Waals surface area contributed by atoms with Gasteiger partial charge in [-0.2, -0.15) is 0 Å². The normalized spacial score (nSPS) is 10.9. The number of unbranched alkanes of at least 4 members (excludes halogenated alkanes) is 2. The van der Waals surface area contributed by atoms with Crippen LogP contribution in [-0.2, 0) is 6.54 Å². The van der Waals surface area contributed by atoms with Crippen molar-refractivity contribution in [2.24, 2.45) is 0 Å². The molecule has 0 fully saturated rings. The Morgan fingerprint density at radius 2 is 2.00 bits per heavy atom. The summed E-state index contributed by atoms with van der Waals surface area (Å²) < 4.78 is 1.69. The SMILES string of the molecule is CCCCCn1c(C(C)C)ccc(C(=O)Cl)c1=O. The third-order valence-corrected chi connectivity index (χ3v) is 3.20. The molecule has 0 aliphatic carbocycles. The lowest BCUT2D eigenvalue weighted by atomic mass is 10.1. The number of carbonyl (C=O) groups is 1. The molecule has 0 atom stereocenters. The van der Waals surface area contributed by atoms with Crippen molar-refractivity contribution in [2.75, 3.05) is 0 Å². The van der Waals surface area contributed by atoms with Gasteiger partial charge in [-0.05, 0) is 36.1 Å². The summed E-state index contributed by atoms with van der Waals surface area (Å²) in [6.07, 6.45) is 3.11. The number of nitrogens with zero attached hydrogens (tertiary/aromatic N) is 1. The average molecular weight is 270 g/mol. The maximum Gasteiger partial charge on any atom is 0.262 e. The van der Waals surface area contributed by atoms with E-state index in [1.165, 1.54) is 6.07 Å². The van der Waals surface area contributed by atoms with Gasteiger partial charge in [-0.1, -0.05) is 33.6 Å². The summed E-state index contributed by atoms with van der Waals surface area (Å²) in [7, 11) is 0. The van der Waals surface area contributed by atoms with Gasteiger partial charge < -0.3 is 4.57 Å². The smallest absolute Gasteiger partial charge is 0.262 e. The molecule has 0 unspecified atom stereocenters. The van der Waals surface area contributed by atoms with E-state index in [9.17, 15) is 9.59 Å².